The normalized spacial score (nSPS) is 13.4. The smallest absolute Gasteiger partial charge is 0.420 e. The minimum absolute atomic E-state index is 0. The Hall–Kier alpha value is -10.4. The Morgan fingerprint density at radius 3 is 1.32 bits per heavy atom. The lowest BCUT2D eigenvalue weighted by Gasteiger charge is -2.28. The van der Waals surface area contributed by atoms with Crippen molar-refractivity contribution in [3.63, 3.8) is 0 Å². The van der Waals surface area contributed by atoms with Gasteiger partial charge in [0.2, 0.25) is 17.8 Å². The van der Waals surface area contributed by atoms with E-state index in [1.807, 2.05) is 52.6 Å². The molecule has 1 unspecified atom stereocenters. The zero-order chi connectivity index (χ0) is 98.1. The molecule has 1 aliphatic rings. The van der Waals surface area contributed by atoms with Crippen LogP contribution in [0.1, 0.15) is 174 Å². The number of carbonyl (C=O) groups is 10. The number of ether oxygens (including phenoxy) is 5. The molecule has 738 valence electrons. The highest BCUT2D eigenvalue weighted by molar-refractivity contribution is 8.28. The molecule has 0 saturated heterocycles. The number of unbranched alkanes of at least 4 members (excludes halogenated alkanes) is 5. The largest absolute Gasteiger partial charge is 1.00 e. The zero-order valence-corrected chi connectivity index (χ0v) is 78.3. The standard InChI is InChI=1S/C20H21F3N2O3.C19H27N5O4.C18H25N5O4.C16H27F5N2O4.C16H30N2O2S.ClH/c21-14-6-3-5-13(11-14)20(27)25-17(9-1-2-10-24)18(26)12-28-19-15(22)7-4-8-16(19)23;1-24(2,3)17-8-7-14(12-21-17)19(26)22-15(6-4-5-10-20)16(25)13-27-18-9-11-28-23-18;1-23(2)16-7-6-13(11-20-16)18(25)21-14(5-3-4-9-19)15(24)12-26-17-8-10-27-22-17;1-14(2,26-4)13(25)23-10(7-5-6-8-22)11(24)9-27-12(15(3,17)18)16(19,20)21;1-21(2,3)12-15(19)14(10-6-7-11-17)18-16(20)13-8-4-5-9-13;/h3-8,11,17H,1-2,9-10,12,24H2,(H,25,27);7-9,11-12,15H,4-6,10,13,20H2,1-3H3;6-8,10-11,14H,3-5,9,12,19H2,1-2H3,(H,21,25);10,12H,5-9,22H2,1-4H3,(H,23,25);12-14H,1,4-11,17H2,2-3H3,(H,18,20);1H/t17-;15-;14-;10-,12?;14-;/m00000./s1. The molecule has 15 N–H and O–H groups in total. The molecule has 1 saturated carbocycles. The number of nitrogens with two attached hydrogens (primary N) is 5. The highest BCUT2D eigenvalue weighted by Crippen LogP contribution is 2.35. The van der Waals surface area contributed by atoms with Gasteiger partial charge < -0.3 is 105 Å². The van der Waals surface area contributed by atoms with Crippen molar-refractivity contribution in [2.45, 2.75) is 197 Å². The summed E-state index contributed by atoms with van der Waals surface area (Å²) in [7, 11) is 9.71. The molecule has 4 heterocycles. The lowest BCUT2D eigenvalue weighted by atomic mass is 10.0. The van der Waals surface area contributed by atoms with Crippen LogP contribution in [0.15, 0.2) is 113 Å². The number of ketones is 5. The van der Waals surface area contributed by atoms with Crippen LogP contribution < -0.4 is 91.3 Å². The Labute approximate surface area is 772 Å². The second-order valence-corrected chi connectivity index (χ2v) is 36.3. The van der Waals surface area contributed by atoms with E-state index in [9.17, 15) is 83.1 Å². The van der Waals surface area contributed by atoms with Gasteiger partial charge in [-0.1, -0.05) is 30.8 Å². The lowest BCUT2D eigenvalue weighted by molar-refractivity contribution is -0.278. The average molecular weight is 1920 g/mol. The Morgan fingerprint density at radius 2 is 0.955 bits per heavy atom. The number of rotatable bonds is 52. The number of methoxy groups -OCH3 is 1. The fraction of sp³-hybridized carbons (Fsp3) is 0.551. The van der Waals surface area contributed by atoms with Gasteiger partial charge in [0.1, 0.15) is 43.0 Å². The molecule has 0 radical (unpaired) electrons. The van der Waals surface area contributed by atoms with E-state index in [0.29, 0.717) is 93.3 Å². The first-order chi connectivity index (χ1) is 61.7. The molecule has 43 heteroatoms. The zero-order valence-electron chi connectivity index (χ0n) is 76.8. The van der Waals surface area contributed by atoms with Crippen molar-refractivity contribution in [2.75, 3.05) is 119 Å². The van der Waals surface area contributed by atoms with Crippen LogP contribution in [-0.4, -0.2) is 258 Å². The average Bonchev–Trinajstić information content (AvgIpc) is 0.892. The number of hydrogen-bond acceptors (Lipinski definition) is 27. The number of nitrogens with one attached hydrogen (secondary N) is 5. The third-order valence-corrected chi connectivity index (χ3v) is 20.5. The Kier molecular flexibility index (Phi) is 54.0. The number of amides is 5. The lowest BCUT2D eigenvalue weighted by Crippen LogP contribution is -3.00. The summed E-state index contributed by atoms with van der Waals surface area (Å²) in [5.41, 5.74) is 26.9. The van der Waals surface area contributed by atoms with E-state index in [1.165, 1.54) is 82.3 Å². The number of para-hydroxylation sites is 1. The molecule has 132 heavy (non-hydrogen) atoms. The fourth-order valence-electron chi connectivity index (χ4n) is 12.1. The van der Waals surface area contributed by atoms with Crippen LogP contribution in [0, 0.1) is 23.4 Å². The maximum absolute atomic E-state index is 13.6. The summed E-state index contributed by atoms with van der Waals surface area (Å²) >= 11 is 0. The molecular formula is C89H131ClF8N16O17S. The van der Waals surface area contributed by atoms with Gasteiger partial charge in [-0.05, 0) is 227 Å². The van der Waals surface area contributed by atoms with E-state index in [0.717, 1.165) is 94.0 Å². The molecular weight excluding hydrogens is 1780 g/mol. The van der Waals surface area contributed by atoms with Crippen LogP contribution in [0.3, 0.4) is 0 Å². The van der Waals surface area contributed by atoms with Crippen molar-refractivity contribution in [1.29, 1.82) is 0 Å². The fourth-order valence-corrected chi connectivity index (χ4v) is 12.9. The second-order valence-electron chi connectivity index (χ2n) is 32.8. The number of quaternary nitrogens is 1. The maximum Gasteiger partial charge on any atom is 0.420 e. The molecule has 7 rings (SSSR count). The van der Waals surface area contributed by atoms with Crippen molar-refractivity contribution in [3.05, 3.63) is 138 Å². The van der Waals surface area contributed by atoms with E-state index < -0.39 is 123 Å². The first-order valence-electron chi connectivity index (χ1n) is 42.8. The van der Waals surface area contributed by atoms with Gasteiger partial charge in [-0.3, -0.25) is 52.4 Å². The van der Waals surface area contributed by atoms with Crippen LogP contribution in [-0.2, 0) is 43.0 Å². The van der Waals surface area contributed by atoms with Crippen molar-refractivity contribution in [3.8, 4) is 17.5 Å². The van der Waals surface area contributed by atoms with Gasteiger partial charge in [-0.2, -0.15) is 13.2 Å². The van der Waals surface area contributed by atoms with Gasteiger partial charge in [0.15, 0.2) is 59.5 Å². The molecule has 5 amide bonds. The molecule has 4 aromatic heterocycles. The molecule has 0 bridgehead atoms. The highest BCUT2D eigenvalue weighted by atomic mass is 35.5. The number of nitrogens with zero attached hydrogens (tertiary/aromatic N) is 6. The quantitative estimate of drug-likeness (QED) is 0.00906. The minimum atomic E-state index is -5.35. The number of halogens is 9. The van der Waals surface area contributed by atoms with E-state index >= 15 is 0 Å². The number of carbonyl (C=O) groups excluding carboxylic acids is 10. The number of Topliss-reactive ketones (excluding diaryl/α,β-unsaturated/α-hetero) is 5. The SMILES string of the molecule is C=S(C)(C)=CC(=O)[C@H](CCCCN)NC(=O)C1CCCC1.CN(C)c1ccc(C(=O)N[C@@H](CCCCN)C(=O)COc2ccon2)cn1.COC(C)(C)C(=O)N[C@@H](CCCCN)C(=O)COC(C(C)(F)F)C(F)(F)F.C[N+](C)(C)c1ccc(C(=O)N[C@@H](CCCCN)C(=O)COc2ccon2)cn1.NCCCC[C@H](NC(=O)c1cccc(F)c1)C(=O)COc1c(F)cccc1F.[Cl-]. The van der Waals surface area contributed by atoms with Gasteiger partial charge >= 0.3 is 6.18 Å². The Bertz CT molecular complexity index is 4560. The number of alkyl halides is 5. The van der Waals surface area contributed by atoms with Crippen molar-refractivity contribution in [1.82, 2.24) is 51.3 Å². The van der Waals surface area contributed by atoms with E-state index in [-0.39, 0.29) is 104 Å². The predicted octanol–water partition coefficient (Wildman–Crippen LogP) is 5.99. The summed E-state index contributed by atoms with van der Waals surface area (Å²) in [6, 6.07) is 14.2. The monoisotopic (exact) mass is 1910 g/mol. The molecule has 1 fully saturated rings. The highest BCUT2D eigenvalue weighted by Gasteiger charge is 2.54. The summed E-state index contributed by atoms with van der Waals surface area (Å²) in [4.78, 5) is 134. The Morgan fingerprint density at radius 1 is 0.545 bits per heavy atom. The van der Waals surface area contributed by atoms with Crippen molar-refractivity contribution >= 4 is 90.5 Å². The van der Waals surface area contributed by atoms with Crippen LogP contribution in [0.5, 0.6) is 17.5 Å². The van der Waals surface area contributed by atoms with E-state index in [1.54, 1.807) is 29.6 Å². The summed E-state index contributed by atoms with van der Waals surface area (Å²) in [5.74, 6) is -5.21. The van der Waals surface area contributed by atoms with Crippen LogP contribution >= 0.6 is 9.21 Å². The maximum atomic E-state index is 13.6. The first-order valence-corrected chi connectivity index (χ1v) is 45.4. The van der Waals surface area contributed by atoms with Gasteiger partial charge in [0.05, 0.1) is 62.5 Å². The molecule has 0 aliphatic heterocycles. The Balaban J connectivity index is 0.000000559. The second kappa shape index (κ2) is 60.7. The van der Waals surface area contributed by atoms with Crippen LogP contribution in [0.2, 0.25) is 0 Å². The van der Waals surface area contributed by atoms with Crippen molar-refractivity contribution in [2.24, 2.45) is 34.6 Å². The molecule has 33 nitrogen and oxygen atoms in total. The summed E-state index contributed by atoms with van der Waals surface area (Å²) < 4.78 is 140. The van der Waals surface area contributed by atoms with Gasteiger partial charge in [-0.25, -0.2) is 41.1 Å². The van der Waals surface area contributed by atoms with Gasteiger partial charge in [-0.15, -0.1) is 0 Å². The summed E-state index contributed by atoms with van der Waals surface area (Å²) in [6.45, 7) is 3.03. The van der Waals surface area contributed by atoms with E-state index in [2.05, 4.69) is 66.5 Å². The van der Waals surface area contributed by atoms with Crippen LogP contribution in [0.25, 0.3) is 0 Å². The third-order valence-electron chi connectivity index (χ3n) is 19.6. The molecule has 6 aromatic rings. The number of anilines is 1. The van der Waals surface area contributed by atoms with Gasteiger partial charge in [0, 0.05) is 75.6 Å². The molecule has 1 aliphatic carbocycles. The van der Waals surface area contributed by atoms with Crippen molar-refractivity contribution < 1.29 is 128 Å². The van der Waals surface area contributed by atoms with Crippen LogP contribution in [0.4, 0.5) is 46.8 Å². The predicted molar refractivity (Wildman–Crippen MR) is 484 cm³/mol. The first kappa shape index (κ1) is 118. The third kappa shape index (κ3) is 45.8. The molecule has 2 aromatic carbocycles. The molecule has 0 spiro atoms. The van der Waals surface area contributed by atoms with Gasteiger partial charge in [0.25, 0.3) is 41.3 Å². The van der Waals surface area contributed by atoms with E-state index in [4.69, 9.17) is 47.6 Å². The summed E-state index contributed by atoms with van der Waals surface area (Å²) in [6.07, 6.45) is 13.8. The number of pyridine rings is 2. The number of aromatic nitrogens is 4. The molecule has 6 atom stereocenters. The topological polar surface area (TPSA) is 488 Å². The number of benzene rings is 2. The minimum Gasteiger partial charge on any atom is -1.00 e. The number of hydrogen-bond donors (Lipinski definition) is 10. The summed E-state index contributed by atoms with van der Waals surface area (Å²) in [5, 5.41) is 22.3.